The highest BCUT2D eigenvalue weighted by Crippen LogP contribution is 2.44. The van der Waals surface area contributed by atoms with Gasteiger partial charge in [-0.1, -0.05) is 11.6 Å². The fourth-order valence-electron chi connectivity index (χ4n) is 3.51. The van der Waals surface area contributed by atoms with Gasteiger partial charge in [0, 0.05) is 41.2 Å². The summed E-state index contributed by atoms with van der Waals surface area (Å²) >= 11 is 1.58. The Balaban J connectivity index is 1.94. The van der Waals surface area contributed by atoms with Crippen LogP contribution in [0, 0.1) is 0 Å². The Morgan fingerprint density at radius 1 is 1.43 bits per heavy atom. The number of nitrogens with two attached hydrogens (primary N) is 1. The molecule has 3 N–H and O–H groups in total. The van der Waals surface area contributed by atoms with Crippen molar-refractivity contribution in [3.05, 3.63) is 51.4 Å². The number of nitrogens with one attached hydrogen (secondary N) is 1. The predicted octanol–water partition coefficient (Wildman–Crippen LogP) is 3.61. The number of carbonyl (C=O) groups is 1. The molecular formula is C22H24N4O3S. The first kappa shape index (κ1) is 20.2. The maximum absolute atomic E-state index is 12.8. The van der Waals surface area contributed by atoms with Gasteiger partial charge in [-0.3, -0.25) is 4.79 Å². The number of allylic oxidation sites excluding steroid dienone is 1. The first-order chi connectivity index (χ1) is 14.5. The summed E-state index contributed by atoms with van der Waals surface area (Å²) in [6.07, 6.45) is 2.06. The van der Waals surface area contributed by atoms with Crippen molar-refractivity contribution in [3.63, 3.8) is 0 Å². The summed E-state index contributed by atoms with van der Waals surface area (Å²) in [5.74, 6) is 1.19. The van der Waals surface area contributed by atoms with Crippen LogP contribution in [0.4, 0.5) is 0 Å². The summed E-state index contributed by atoms with van der Waals surface area (Å²) in [6, 6.07) is 5.91. The lowest BCUT2D eigenvalue weighted by atomic mass is 9.98. The van der Waals surface area contributed by atoms with E-state index in [0.29, 0.717) is 24.5 Å². The number of hydrogen-bond donors (Lipinski definition) is 2. The smallest absolute Gasteiger partial charge is 0.272 e. The molecule has 0 bridgehead atoms. The minimum Gasteiger partial charge on any atom is -0.496 e. The highest BCUT2D eigenvalue weighted by molar-refractivity contribution is 7.08. The molecule has 4 rings (SSSR count). The molecule has 0 fully saturated rings. The fraction of sp³-hybridized carbons (Fsp3) is 0.273. The molecule has 0 aliphatic carbocycles. The highest BCUT2D eigenvalue weighted by Gasteiger charge is 2.31. The molecule has 3 aromatic rings. The van der Waals surface area contributed by atoms with Gasteiger partial charge < -0.3 is 20.5 Å². The minimum absolute atomic E-state index is 0.253. The van der Waals surface area contributed by atoms with Crippen LogP contribution in [0.15, 0.2) is 34.5 Å². The zero-order valence-corrected chi connectivity index (χ0v) is 18.0. The van der Waals surface area contributed by atoms with E-state index in [1.807, 2.05) is 47.5 Å². The molecular weight excluding hydrogens is 400 g/mol. The molecule has 8 heteroatoms. The number of nitrogens with zero attached hydrogens (tertiary/aromatic N) is 2. The van der Waals surface area contributed by atoms with E-state index in [9.17, 15) is 4.79 Å². The topological polar surface area (TPSA) is 91.4 Å². The van der Waals surface area contributed by atoms with Crippen LogP contribution in [-0.2, 0) is 6.61 Å². The van der Waals surface area contributed by atoms with Gasteiger partial charge in [0.2, 0.25) is 0 Å². The molecule has 0 saturated heterocycles. The lowest BCUT2D eigenvalue weighted by Gasteiger charge is -2.21. The first-order valence-electron chi connectivity index (χ1n) is 9.66. The number of rotatable bonds is 6. The zero-order chi connectivity index (χ0) is 21.3. The summed E-state index contributed by atoms with van der Waals surface area (Å²) < 4.78 is 13.4. The normalized spacial score (nSPS) is 11.9. The number of ether oxygens (including phenoxy) is 2. The third-order valence-corrected chi connectivity index (χ3v) is 5.45. The number of carbonyl (C=O) groups excluding carboxylic acids is 1. The van der Waals surface area contributed by atoms with Crippen LogP contribution in [0.5, 0.6) is 11.5 Å². The second-order valence-electron chi connectivity index (χ2n) is 7.21. The third kappa shape index (κ3) is 3.59. The van der Waals surface area contributed by atoms with Gasteiger partial charge in [-0.05, 0) is 31.4 Å². The number of benzene rings is 1. The molecule has 0 radical (unpaired) electrons. The Hall–Kier alpha value is -3.10. The van der Waals surface area contributed by atoms with E-state index in [-0.39, 0.29) is 12.5 Å². The van der Waals surface area contributed by atoms with E-state index in [1.165, 1.54) is 0 Å². The van der Waals surface area contributed by atoms with Crippen molar-refractivity contribution in [1.82, 2.24) is 15.1 Å². The summed E-state index contributed by atoms with van der Waals surface area (Å²) in [5, 5.41) is 11.5. The van der Waals surface area contributed by atoms with Gasteiger partial charge in [-0.15, -0.1) is 0 Å². The molecule has 0 unspecified atom stereocenters. The van der Waals surface area contributed by atoms with Crippen LogP contribution in [0.1, 0.15) is 35.5 Å². The van der Waals surface area contributed by atoms with Gasteiger partial charge in [0.05, 0.1) is 18.5 Å². The monoisotopic (exact) mass is 424 g/mol. The van der Waals surface area contributed by atoms with Crippen LogP contribution in [0.2, 0.25) is 0 Å². The van der Waals surface area contributed by atoms with Crippen LogP contribution in [-0.4, -0.2) is 35.9 Å². The minimum atomic E-state index is -0.254. The standard InChI is InChI=1S/C22H24N4O3S/c1-13(2)8-14-9-16-19(10-18(14)28-3)29-11-17-20(22(27)24-6-5-23)25-26(21(16)17)15-4-7-30-12-15/h4,7-10,12H,5-6,11,23H2,1-3H3,(H,24,27). The van der Waals surface area contributed by atoms with Gasteiger partial charge in [0.15, 0.2) is 5.69 Å². The van der Waals surface area contributed by atoms with E-state index in [2.05, 4.69) is 16.5 Å². The molecule has 3 heterocycles. The number of amides is 1. The Labute approximate surface area is 179 Å². The van der Waals surface area contributed by atoms with Gasteiger partial charge in [0.1, 0.15) is 18.1 Å². The van der Waals surface area contributed by atoms with E-state index < -0.39 is 0 Å². The maximum Gasteiger partial charge on any atom is 0.272 e. The second-order valence-corrected chi connectivity index (χ2v) is 7.99. The van der Waals surface area contributed by atoms with E-state index in [0.717, 1.165) is 39.4 Å². The zero-order valence-electron chi connectivity index (χ0n) is 17.2. The third-order valence-electron chi connectivity index (χ3n) is 4.78. The lowest BCUT2D eigenvalue weighted by Crippen LogP contribution is -2.30. The highest BCUT2D eigenvalue weighted by atomic mass is 32.1. The van der Waals surface area contributed by atoms with Crippen molar-refractivity contribution in [2.24, 2.45) is 5.73 Å². The maximum atomic E-state index is 12.8. The number of hydrogen-bond acceptors (Lipinski definition) is 6. The molecule has 1 amide bonds. The van der Waals surface area contributed by atoms with Crippen LogP contribution in [0.3, 0.4) is 0 Å². The van der Waals surface area contributed by atoms with Gasteiger partial charge in [0.25, 0.3) is 5.91 Å². The second kappa shape index (κ2) is 8.33. The van der Waals surface area contributed by atoms with Crippen molar-refractivity contribution < 1.29 is 14.3 Å². The van der Waals surface area contributed by atoms with Crippen LogP contribution >= 0.6 is 11.3 Å². The summed E-state index contributed by atoms with van der Waals surface area (Å²) in [4.78, 5) is 12.8. The molecule has 7 nitrogen and oxygen atoms in total. The average Bonchev–Trinajstić information content (AvgIpc) is 3.38. The van der Waals surface area contributed by atoms with E-state index in [1.54, 1.807) is 18.4 Å². The largest absolute Gasteiger partial charge is 0.496 e. The first-order valence-corrected chi connectivity index (χ1v) is 10.6. The van der Waals surface area contributed by atoms with Crippen LogP contribution in [0.25, 0.3) is 23.0 Å². The number of thiophene rings is 1. The number of methoxy groups -OCH3 is 1. The van der Waals surface area contributed by atoms with Gasteiger partial charge in [-0.2, -0.15) is 16.4 Å². The van der Waals surface area contributed by atoms with Crippen molar-refractivity contribution in [3.8, 4) is 28.4 Å². The molecule has 1 aliphatic heterocycles. The van der Waals surface area contributed by atoms with Crippen molar-refractivity contribution in [2.75, 3.05) is 20.2 Å². The van der Waals surface area contributed by atoms with Crippen LogP contribution < -0.4 is 20.5 Å². The molecule has 0 atom stereocenters. The summed E-state index contributed by atoms with van der Waals surface area (Å²) in [6.45, 7) is 5.08. The number of fused-ring (bicyclic) bond motifs is 3. The lowest BCUT2D eigenvalue weighted by molar-refractivity contribution is 0.0947. The Kier molecular flexibility index (Phi) is 5.61. The Bertz CT molecular complexity index is 1110. The molecule has 2 aromatic heterocycles. The number of aromatic nitrogens is 2. The Morgan fingerprint density at radius 2 is 2.27 bits per heavy atom. The quantitative estimate of drug-likeness (QED) is 0.631. The summed E-state index contributed by atoms with van der Waals surface area (Å²) in [5.41, 5.74) is 11.4. The Morgan fingerprint density at radius 3 is 2.93 bits per heavy atom. The molecule has 0 spiro atoms. The molecule has 0 saturated carbocycles. The van der Waals surface area contributed by atoms with Crippen molar-refractivity contribution in [1.29, 1.82) is 0 Å². The van der Waals surface area contributed by atoms with Gasteiger partial charge in [-0.25, -0.2) is 4.68 Å². The van der Waals surface area contributed by atoms with Crippen molar-refractivity contribution >= 4 is 23.3 Å². The SMILES string of the molecule is COc1cc2c(cc1C=C(C)C)-c1c(c(C(=O)NCCN)nn1-c1ccsc1)CO2. The molecule has 1 aromatic carbocycles. The molecule has 30 heavy (non-hydrogen) atoms. The van der Waals surface area contributed by atoms with Gasteiger partial charge >= 0.3 is 0 Å². The average molecular weight is 425 g/mol. The van der Waals surface area contributed by atoms with E-state index in [4.69, 9.17) is 15.2 Å². The predicted molar refractivity (Wildman–Crippen MR) is 118 cm³/mol. The van der Waals surface area contributed by atoms with Crippen molar-refractivity contribution in [2.45, 2.75) is 20.5 Å². The van der Waals surface area contributed by atoms with E-state index >= 15 is 0 Å². The summed E-state index contributed by atoms with van der Waals surface area (Å²) in [7, 11) is 1.65. The molecule has 1 aliphatic rings. The molecule has 156 valence electrons. The fourth-order valence-corrected chi connectivity index (χ4v) is 4.13.